The zero-order valence-electron chi connectivity index (χ0n) is 21.8. The fraction of sp³-hybridized carbons (Fsp3) is 0.276. The molecule has 2 aromatic carbocycles. The molecule has 4 aromatic rings. The Kier molecular flexibility index (Phi) is 5.90. The average molecular weight is 496 g/mol. The maximum Gasteiger partial charge on any atom is 0.261 e. The monoisotopic (exact) mass is 495 g/mol. The number of anilines is 1. The molecule has 1 aliphatic heterocycles. The van der Waals surface area contributed by atoms with Crippen molar-refractivity contribution < 1.29 is 14.4 Å². The largest absolute Gasteiger partial charge is 0.306 e. The predicted octanol–water partition coefficient (Wildman–Crippen LogP) is 5.16. The molecule has 0 unspecified atom stereocenters. The number of aryl methyl sites for hydroxylation is 4. The molecule has 5 rings (SSSR count). The molecule has 8 nitrogen and oxygen atoms in total. The van der Waals surface area contributed by atoms with Crippen LogP contribution in [0.15, 0.2) is 42.5 Å². The minimum atomic E-state index is -0.407. The molecule has 2 aromatic heterocycles. The summed E-state index contributed by atoms with van der Waals surface area (Å²) in [5.41, 5.74) is 5.76. The van der Waals surface area contributed by atoms with Crippen LogP contribution in [0.5, 0.6) is 0 Å². The summed E-state index contributed by atoms with van der Waals surface area (Å²) in [4.78, 5) is 44.9. The minimum absolute atomic E-state index is 0.147. The number of hydrogen-bond donors (Lipinski definition) is 1. The summed E-state index contributed by atoms with van der Waals surface area (Å²) in [6, 6.07) is 12.5. The van der Waals surface area contributed by atoms with Crippen molar-refractivity contribution in [2.45, 2.75) is 41.5 Å². The van der Waals surface area contributed by atoms with E-state index in [1.165, 1.54) is 16.5 Å². The molecule has 1 N–H and O–H groups in total. The number of carbonyl (C=O) groups is 3. The van der Waals surface area contributed by atoms with Crippen LogP contribution in [-0.2, 0) is 0 Å². The van der Waals surface area contributed by atoms with E-state index in [9.17, 15) is 14.4 Å². The van der Waals surface area contributed by atoms with E-state index in [0.717, 1.165) is 27.7 Å². The zero-order valence-corrected chi connectivity index (χ0v) is 21.8. The highest BCUT2D eigenvalue weighted by atomic mass is 16.2. The van der Waals surface area contributed by atoms with Gasteiger partial charge in [0.1, 0.15) is 5.82 Å². The number of nitrogens with one attached hydrogen (secondary N) is 1. The second-order valence-electron chi connectivity index (χ2n) is 10.2. The third kappa shape index (κ3) is 4.28. The smallest absolute Gasteiger partial charge is 0.261 e. The first-order chi connectivity index (χ1) is 17.5. The standard InChI is InChI=1S/C29H29N5O3/c1-15(2)14-33-28(36)21-8-7-20(13-23(21)29(33)37)27(35)31-25-12-19(6)32-34(25)24-11-17(4)22-10-16(3)9-18(5)26(22)30-24/h7-13,15H,14H2,1-6H3,(H,31,35). The van der Waals surface area contributed by atoms with Crippen LogP contribution in [0.4, 0.5) is 5.82 Å². The molecule has 188 valence electrons. The molecule has 0 radical (unpaired) electrons. The molecule has 0 fully saturated rings. The topological polar surface area (TPSA) is 97.2 Å². The Morgan fingerprint density at radius 3 is 2.38 bits per heavy atom. The van der Waals surface area contributed by atoms with E-state index in [1.807, 2.05) is 40.7 Å². The number of aromatic nitrogens is 3. The van der Waals surface area contributed by atoms with E-state index < -0.39 is 5.91 Å². The van der Waals surface area contributed by atoms with Crippen LogP contribution >= 0.6 is 0 Å². The van der Waals surface area contributed by atoms with E-state index in [2.05, 4.69) is 29.5 Å². The maximum atomic E-state index is 13.2. The molecule has 0 aliphatic carbocycles. The lowest BCUT2D eigenvalue weighted by Crippen LogP contribution is -2.33. The number of pyridine rings is 1. The quantitative estimate of drug-likeness (QED) is 0.386. The van der Waals surface area contributed by atoms with E-state index >= 15 is 0 Å². The molecule has 0 spiro atoms. The van der Waals surface area contributed by atoms with Crippen LogP contribution in [0, 0.1) is 33.6 Å². The van der Waals surface area contributed by atoms with Crippen LogP contribution in [0.1, 0.15) is 67.3 Å². The van der Waals surface area contributed by atoms with Gasteiger partial charge >= 0.3 is 0 Å². The van der Waals surface area contributed by atoms with Gasteiger partial charge in [-0.1, -0.05) is 25.5 Å². The lowest BCUT2D eigenvalue weighted by Gasteiger charge is -2.15. The average Bonchev–Trinajstić information content (AvgIpc) is 3.31. The van der Waals surface area contributed by atoms with Crippen molar-refractivity contribution in [1.82, 2.24) is 19.7 Å². The van der Waals surface area contributed by atoms with Gasteiger partial charge in [-0.3, -0.25) is 19.3 Å². The molecular weight excluding hydrogens is 466 g/mol. The summed E-state index contributed by atoms with van der Waals surface area (Å²) in [6.07, 6.45) is 0. The van der Waals surface area contributed by atoms with Gasteiger partial charge in [0, 0.05) is 23.6 Å². The maximum absolute atomic E-state index is 13.2. The van der Waals surface area contributed by atoms with Gasteiger partial charge in [0.2, 0.25) is 0 Å². The molecule has 8 heteroatoms. The van der Waals surface area contributed by atoms with Crippen LogP contribution in [0.2, 0.25) is 0 Å². The van der Waals surface area contributed by atoms with Gasteiger partial charge in [0.15, 0.2) is 5.82 Å². The molecule has 37 heavy (non-hydrogen) atoms. The molecule has 1 aliphatic rings. The second kappa shape index (κ2) is 8.96. The molecule has 0 atom stereocenters. The van der Waals surface area contributed by atoms with Crippen molar-refractivity contribution >= 4 is 34.4 Å². The van der Waals surface area contributed by atoms with E-state index in [1.54, 1.807) is 22.9 Å². The molecular formula is C29H29N5O3. The summed E-state index contributed by atoms with van der Waals surface area (Å²) in [5.74, 6) is 0.107. The Morgan fingerprint density at radius 2 is 1.65 bits per heavy atom. The number of imide groups is 1. The summed E-state index contributed by atoms with van der Waals surface area (Å²) in [5, 5.41) is 8.57. The number of rotatable bonds is 5. The third-order valence-electron chi connectivity index (χ3n) is 6.51. The van der Waals surface area contributed by atoms with E-state index in [0.29, 0.717) is 23.7 Å². The van der Waals surface area contributed by atoms with Gasteiger partial charge in [-0.15, -0.1) is 0 Å². The van der Waals surface area contributed by atoms with Gasteiger partial charge < -0.3 is 5.32 Å². The van der Waals surface area contributed by atoms with Crippen molar-refractivity contribution in [3.8, 4) is 5.82 Å². The van der Waals surface area contributed by atoms with E-state index in [4.69, 9.17) is 4.98 Å². The molecule has 0 saturated heterocycles. The van der Waals surface area contributed by atoms with Crippen molar-refractivity contribution in [3.63, 3.8) is 0 Å². The molecule has 3 heterocycles. The summed E-state index contributed by atoms with van der Waals surface area (Å²) in [7, 11) is 0. The fourth-order valence-electron chi connectivity index (χ4n) is 4.85. The summed E-state index contributed by atoms with van der Waals surface area (Å²) < 4.78 is 1.62. The molecule has 3 amide bonds. The predicted molar refractivity (Wildman–Crippen MR) is 142 cm³/mol. The first kappa shape index (κ1) is 24.4. The van der Waals surface area contributed by atoms with Gasteiger partial charge in [0.05, 0.1) is 22.3 Å². The minimum Gasteiger partial charge on any atom is -0.306 e. The molecule has 0 bridgehead atoms. The Hall–Kier alpha value is -4.33. The van der Waals surface area contributed by atoms with Crippen molar-refractivity contribution in [2.75, 3.05) is 11.9 Å². The van der Waals surface area contributed by atoms with Crippen LogP contribution in [0.25, 0.3) is 16.7 Å². The Morgan fingerprint density at radius 1 is 0.919 bits per heavy atom. The van der Waals surface area contributed by atoms with Gasteiger partial charge in [0.25, 0.3) is 17.7 Å². The SMILES string of the molecule is Cc1cc(C)c2nc(-n3nc(C)cc3NC(=O)c3ccc4c(c3)C(=O)N(CC(C)C)C4=O)cc(C)c2c1. The Bertz CT molecular complexity index is 1620. The highest BCUT2D eigenvalue weighted by Gasteiger charge is 2.36. The third-order valence-corrected chi connectivity index (χ3v) is 6.51. The first-order valence-corrected chi connectivity index (χ1v) is 12.3. The van der Waals surface area contributed by atoms with Gasteiger partial charge in [-0.25, -0.2) is 4.98 Å². The Balaban J connectivity index is 1.48. The van der Waals surface area contributed by atoms with Gasteiger partial charge in [-0.2, -0.15) is 9.78 Å². The van der Waals surface area contributed by atoms with Crippen LogP contribution in [0.3, 0.4) is 0 Å². The van der Waals surface area contributed by atoms with Gasteiger partial charge in [-0.05, 0) is 75.1 Å². The van der Waals surface area contributed by atoms with Crippen LogP contribution in [-0.4, -0.2) is 43.9 Å². The van der Waals surface area contributed by atoms with Crippen LogP contribution < -0.4 is 5.32 Å². The second-order valence-corrected chi connectivity index (χ2v) is 10.2. The lowest BCUT2D eigenvalue weighted by molar-refractivity contribution is 0.0636. The first-order valence-electron chi connectivity index (χ1n) is 12.3. The highest BCUT2D eigenvalue weighted by Crippen LogP contribution is 2.27. The highest BCUT2D eigenvalue weighted by molar-refractivity contribution is 6.22. The number of fused-ring (bicyclic) bond motifs is 2. The Labute approximate surface area is 215 Å². The normalized spacial score (nSPS) is 13.1. The molecule has 0 saturated carbocycles. The number of hydrogen-bond acceptors (Lipinski definition) is 5. The number of nitrogens with zero attached hydrogens (tertiary/aromatic N) is 4. The lowest BCUT2D eigenvalue weighted by atomic mass is 10.0. The number of amides is 3. The fourth-order valence-corrected chi connectivity index (χ4v) is 4.85. The number of benzene rings is 2. The van der Waals surface area contributed by atoms with E-state index in [-0.39, 0.29) is 28.9 Å². The van der Waals surface area contributed by atoms with Crippen molar-refractivity contribution in [1.29, 1.82) is 0 Å². The number of carbonyl (C=O) groups excluding carboxylic acids is 3. The van der Waals surface area contributed by atoms with Crippen molar-refractivity contribution in [3.05, 3.63) is 81.5 Å². The summed E-state index contributed by atoms with van der Waals surface area (Å²) in [6.45, 7) is 12.2. The zero-order chi connectivity index (χ0) is 26.6. The van der Waals surface area contributed by atoms with Crippen molar-refractivity contribution in [2.24, 2.45) is 5.92 Å². The summed E-state index contributed by atoms with van der Waals surface area (Å²) >= 11 is 0.